The molecule has 25 heavy (non-hydrogen) atoms. The average molecular weight is 357 g/mol. The molecule has 0 bridgehead atoms. The van der Waals surface area contributed by atoms with Crippen LogP contribution in [0.4, 0.5) is 0 Å². The van der Waals surface area contributed by atoms with Crippen molar-refractivity contribution >= 4 is 22.9 Å². The fourth-order valence-electron chi connectivity index (χ4n) is 2.51. The first kappa shape index (κ1) is 17.3. The third-order valence-corrected chi connectivity index (χ3v) is 5.09. The van der Waals surface area contributed by atoms with Crippen LogP contribution in [0.2, 0.25) is 0 Å². The summed E-state index contributed by atoms with van der Waals surface area (Å²) in [6.07, 6.45) is 3.65. The van der Waals surface area contributed by atoms with Gasteiger partial charge in [-0.05, 0) is 26.0 Å². The first-order valence-corrected chi connectivity index (χ1v) is 9.15. The van der Waals surface area contributed by atoms with Crippen molar-refractivity contribution in [3.05, 3.63) is 45.8 Å². The van der Waals surface area contributed by atoms with Crippen molar-refractivity contribution in [2.24, 2.45) is 4.99 Å². The molecule has 0 fully saturated rings. The molecule has 3 aromatic rings. The molecule has 0 spiro atoms. The Morgan fingerprint density at radius 2 is 1.96 bits per heavy atom. The molecule has 132 valence electrons. The van der Waals surface area contributed by atoms with Crippen LogP contribution < -0.4 is 10.6 Å². The van der Waals surface area contributed by atoms with Crippen LogP contribution in [0.5, 0.6) is 0 Å². The van der Waals surface area contributed by atoms with Crippen LogP contribution in [0.1, 0.15) is 21.4 Å². The van der Waals surface area contributed by atoms with Crippen LogP contribution >= 0.6 is 11.3 Å². The molecule has 0 aliphatic rings. The maximum atomic E-state index is 4.56. The number of nitrogens with zero attached hydrogens (tertiary/aromatic N) is 5. The van der Waals surface area contributed by atoms with Gasteiger partial charge in [-0.2, -0.15) is 0 Å². The quantitative estimate of drug-likeness (QED) is 0.519. The van der Waals surface area contributed by atoms with Crippen molar-refractivity contribution in [1.29, 1.82) is 0 Å². The zero-order chi connectivity index (χ0) is 17.6. The van der Waals surface area contributed by atoms with Gasteiger partial charge in [0.2, 0.25) is 0 Å². The smallest absolute Gasteiger partial charge is 0.191 e. The highest BCUT2D eigenvalue weighted by molar-refractivity contribution is 7.11. The fourth-order valence-corrected chi connectivity index (χ4v) is 3.44. The molecule has 0 aliphatic carbocycles. The lowest BCUT2D eigenvalue weighted by atomic mass is 10.4. The molecular formula is C17H23N7S. The standard InChI is InChI=1S/C17H23N7S/c1-12-13(2)25-16(21-12)8-10-20-17(18-3)19-9-7-15-23-22-14-6-4-5-11-24(14)15/h4-6,11H,7-10H2,1-3H3,(H2,18,19,20). The van der Waals surface area contributed by atoms with Gasteiger partial charge in [0.15, 0.2) is 11.6 Å². The highest BCUT2D eigenvalue weighted by Crippen LogP contribution is 2.16. The average Bonchev–Trinajstić information content (AvgIpc) is 3.17. The number of pyridine rings is 1. The van der Waals surface area contributed by atoms with Crippen LogP contribution in [0.15, 0.2) is 29.4 Å². The molecule has 0 radical (unpaired) electrons. The van der Waals surface area contributed by atoms with Gasteiger partial charge in [0.05, 0.1) is 10.7 Å². The van der Waals surface area contributed by atoms with E-state index < -0.39 is 0 Å². The number of hydrogen-bond acceptors (Lipinski definition) is 5. The van der Waals surface area contributed by atoms with E-state index in [0.29, 0.717) is 0 Å². The van der Waals surface area contributed by atoms with Gasteiger partial charge in [0.25, 0.3) is 0 Å². The third kappa shape index (κ3) is 4.33. The molecule has 0 atom stereocenters. The van der Waals surface area contributed by atoms with Gasteiger partial charge >= 0.3 is 0 Å². The summed E-state index contributed by atoms with van der Waals surface area (Å²) in [5.41, 5.74) is 2.00. The lowest BCUT2D eigenvalue weighted by Crippen LogP contribution is -2.39. The minimum atomic E-state index is 0.741. The third-order valence-electron chi connectivity index (χ3n) is 3.95. The van der Waals surface area contributed by atoms with E-state index in [1.807, 2.05) is 28.8 Å². The fraction of sp³-hybridized carbons (Fsp3) is 0.412. The first-order valence-electron chi connectivity index (χ1n) is 8.33. The largest absolute Gasteiger partial charge is 0.356 e. The van der Waals surface area contributed by atoms with Crippen molar-refractivity contribution in [2.75, 3.05) is 20.1 Å². The van der Waals surface area contributed by atoms with Crippen LogP contribution in [-0.2, 0) is 12.8 Å². The second-order valence-corrected chi connectivity index (χ2v) is 7.01. The minimum Gasteiger partial charge on any atom is -0.356 e. The molecule has 0 saturated heterocycles. The van der Waals surface area contributed by atoms with E-state index in [1.165, 1.54) is 4.88 Å². The monoisotopic (exact) mass is 357 g/mol. The highest BCUT2D eigenvalue weighted by Gasteiger charge is 2.06. The van der Waals surface area contributed by atoms with Gasteiger partial charge < -0.3 is 10.6 Å². The van der Waals surface area contributed by atoms with E-state index in [2.05, 4.69) is 44.7 Å². The summed E-state index contributed by atoms with van der Waals surface area (Å²) in [5, 5.41) is 16.2. The van der Waals surface area contributed by atoms with Gasteiger partial charge in [-0.3, -0.25) is 9.39 Å². The maximum absolute atomic E-state index is 4.56. The molecule has 8 heteroatoms. The number of aromatic nitrogens is 4. The molecule has 0 amide bonds. The lowest BCUT2D eigenvalue weighted by molar-refractivity contribution is 0.755. The summed E-state index contributed by atoms with van der Waals surface area (Å²) in [4.78, 5) is 10.1. The molecule has 3 aromatic heterocycles. The first-order chi connectivity index (χ1) is 12.2. The number of thiazole rings is 1. The second kappa shape index (κ2) is 8.06. The van der Waals surface area contributed by atoms with Gasteiger partial charge in [-0.25, -0.2) is 4.98 Å². The molecular weight excluding hydrogens is 334 g/mol. The summed E-state index contributed by atoms with van der Waals surface area (Å²) < 4.78 is 2.00. The summed E-state index contributed by atoms with van der Waals surface area (Å²) in [7, 11) is 1.78. The number of hydrogen-bond donors (Lipinski definition) is 2. The van der Waals surface area contributed by atoms with Crippen molar-refractivity contribution in [1.82, 2.24) is 30.2 Å². The zero-order valence-electron chi connectivity index (χ0n) is 14.8. The Bertz CT molecular complexity index is 845. The summed E-state index contributed by atoms with van der Waals surface area (Å²) >= 11 is 1.76. The van der Waals surface area contributed by atoms with Crippen molar-refractivity contribution in [3.63, 3.8) is 0 Å². The van der Waals surface area contributed by atoms with Crippen LogP contribution in [-0.4, -0.2) is 45.7 Å². The van der Waals surface area contributed by atoms with Crippen molar-refractivity contribution < 1.29 is 0 Å². The van der Waals surface area contributed by atoms with E-state index in [0.717, 1.165) is 54.1 Å². The Balaban J connectivity index is 1.44. The SMILES string of the molecule is CN=C(NCCc1nc(C)c(C)s1)NCCc1nnc2ccccn12. The number of aryl methyl sites for hydroxylation is 2. The Labute approximate surface area is 151 Å². The lowest BCUT2D eigenvalue weighted by Gasteiger charge is -2.10. The molecule has 3 heterocycles. The second-order valence-electron chi connectivity index (χ2n) is 5.72. The molecule has 0 unspecified atom stereocenters. The van der Waals surface area contributed by atoms with Gasteiger partial charge in [0, 0.05) is 44.1 Å². The van der Waals surface area contributed by atoms with Gasteiger partial charge in [-0.1, -0.05) is 6.07 Å². The number of fused-ring (bicyclic) bond motifs is 1. The van der Waals surface area contributed by atoms with E-state index in [-0.39, 0.29) is 0 Å². The summed E-state index contributed by atoms with van der Waals surface area (Å²) in [5.74, 6) is 1.73. The molecule has 0 saturated carbocycles. The predicted octanol–water partition coefficient (Wildman–Crippen LogP) is 1.75. The highest BCUT2D eigenvalue weighted by atomic mass is 32.1. The summed E-state index contributed by atoms with van der Waals surface area (Å²) in [6, 6.07) is 5.89. The Hall–Kier alpha value is -2.48. The van der Waals surface area contributed by atoms with Gasteiger partial charge in [0.1, 0.15) is 5.82 Å². The Morgan fingerprint density at radius 3 is 2.68 bits per heavy atom. The number of nitrogens with one attached hydrogen (secondary N) is 2. The number of guanidine groups is 1. The summed E-state index contributed by atoms with van der Waals surface area (Å²) in [6.45, 7) is 5.71. The van der Waals surface area contributed by atoms with Crippen LogP contribution in [0.25, 0.3) is 5.65 Å². The van der Waals surface area contributed by atoms with Crippen LogP contribution in [0.3, 0.4) is 0 Å². The zero-order valence-corrected chi connectivity index (χ0v) is 15.6. The number of aliphatic imine (C=N–C) groups is 1. The maximum Gasteiger partial charge on any atom is 0.191 e. The minimum absolute atomic E-state index is 0.741. The molecule has 0 aliphatic heterocycles. The molecule has 7 nitrogen and oxygen atoms in total. The van der Waals surface area contributed by atoms with Crippen LogP contribution in [0, 0.1) is 13.8 Å². The Morgan fingerprint density at radius 1 is 1.16 bits per heavy atom. The van der Waals surface area contributed by atoms with Crippen molar-refractivity contribution in [3.8, 4) is 0 Å². The topological polar surface area (TPSA) is 79.5 Å². The molecule has 2 N–H and O–H groups in total. The Kier molecular flexibility index (Phi) is 5.60. The normalized spacial score (nSPS) is 11.9. The van der Waals surface area contributed by atoms with E-state index in [1.54, 1.807) is 18.4 Å². The van der Waals surface area contributed by atoms with Gasteiger partial charge in [-0.15, -0.1) is 21.5 Å². The molecule has 0 aromatic carbocycles. The predicted molar refractivity (Wildman–Crippen MR) is 101 cm³/mol. The molecule has 3 rings (SSSR count). The van der Waals surface area contributed by atoms with Crippen molar-refractivity contribution in [2.45, 2.75) is 26.7 Å². The van der Waals surface area contributed by atoms with E-state index in [4.69, 9.17) is 0 Å². The van der Waals surface area contributed by atoms with E-state index >= 15 is 0 Å². The number of rotatable bonds is 6. The van der Waals surface area contributed by atoms with E-state index in [9.17, 15) is 0 Å².